The van der Waals surface area contributed by atoms with E-state index >= 15 is 0 Å². The van der Waals surface area contributed by atoms with Gasteiger partial charge in [0.1, 0.15) is 6.04 Å². The number of carbonyl (C=O) groups excluding carboxylic acids is 1. The van der Waals surface area contributed by atoms with Gasteiger partial charge in [-0.3, -0.25) is 14.9 Å². The van der Waals surface area contributed by atoms with Gasteiger partial charge in [0.05, 0.1) is 29.1 Å². The molecule has 1 unspecified atom stereocenters. The Morgan fingerprint density at radius 3 is 2.16 bits per heavy atom. The number of rotatable bonds is 15. The summed E-state index contributed by atoms with van der Waals surface area (Å²) in [5, 5.41) is 27.0. The summed E-state index contributed by atoms with van der Waals surface area (Å²) in [4.78, 5) is 40.5. The molecule has 262 valence electrons. The van der Waals surface area contributed by atoms with Crippen LogP contribution in [0.5, 0.6) is 0 Å². The summed E-state index contributed by atoms with van der Waals surface area (Å²) >= 11 is 0. The van der Waals surface area contributed by atoms with E-state index in [1.807, 2.05) is 57.2 Å². The second-order valence-electron chi connectivity index (χ2n) is 11.4. The van der Waals surface area contributed by atoms with E-state index in [-0.39, 0.29) is 35.6 Å². The number of hydrogen-bond acceptors (Lipinski definition) is 10. The minimum atomic E-state index is -3.86. The maximum Gasteiger partial charge on any atom is 0.335 e. The Bertz CT molecular complexity index is 1760. The zero-order chi connectivity index (χ0) is 36.2. The van der Waals surface area contributed by atoms with E-state index in [1.54, 1.807) is 42.6 Å². The highest BCUT2D eigenvalue weighted by Crippen LogP contribution is 2.31. The lowest BCUT2D eigenvalue weighted by Crippen LogP contribution is -2.68. The highest BCUT2D eigenvalue weighted by molar-refractivity contribution is 7.89. The standard InChI is InChI=1S/C24H31N5O4S.C10H11NO4/c1-4-29(5-2)22(28-16(3)13-17-9-11-18(12-10-17)23(30)31)21(15-27-24(29)25)19-7-6-8-20(14-19)34(26,32)33;12-7-15-11-9(10(13)14)6-8-4-2-1-3-5-8/h6-12,14-16,22,28H,4-5,13H2,1-3H3,(H4-,25,26,27,30,31,32,33);1-5,7,9,11H,6H2,(H,13,14)/p+1/t16-,22?;9-/m10/s1. The first-order valence-corrected chi connectivity index (χ1v) is 17.0. The molecular formula is C34H43N6O8S+. The quantitative estimate of drug-likeness (QED) is 0.0770. The van der Waals surface area contributed by atoms with Gasteiger partial charge in [-0.05, 0) is 68.1 Å². The molecule has 8 N–H and O–H groups in total. The molecule has 0 fully saturated rings. The number of hydrogen-bond donors (Lipinski definition) is 6. The number of aromatic carboxylic acids is 1. The average Bonchev–Trinajstić information content (AvgIpc) is 3.07. The van der Waals surface area contributed by atoms with Gasteiger partial charge in [0, 0.05) is 18.7 Å². The maximum absolute atomic E-state index is 11.9. The van der Waals surface area contributed by atoms with E-state index in [1.165, 1.54) is 6.07 Å². The van der Waals surface area contributed by atoms with Crippen LogP contribution < -0.4 is 21.7 Å². The zero-order valence-corrected chi connectivity index (χ0v) is 28.3. The Balaban J connectivity index is 0.000000362. The summed E-state index contributed by atoms with van der Waals surface area (Å²) in [5.74, 6) is -1.55. The Morgan fingerprint density at radius 1 is 0.980 bits per heavy atom. The van der Waals surface area contributed by atoms with Gasteiger partial charge in [-0.15, -0.1) is 5.48 Å². The van der Waals surface area contributed by atoms with Crippen LogP contribution in [0.4, 0.5) is 0 Å². The molecule has 0 saturated carbocycles. The summed E-state index contributed by atoms with van der Waals surface area (Å²) in [6.07, 6.45) is 2.32. The van der Waals surface area contributed by atoms with Crippen molar-refractivity contribution in [1.82, 2.24) is 10.8 Å². The molecule has 0 spiro atoms. The summed E-state index contributed by atoms with van der Waals surface area (Å²) in [6.45, 7) is 7.64. The minimum absolute atomic E-state index is 0.00741. The minimum Gasteiger partial charge on any atom is -0.480 e. The van der Waals surface area contributed by atoms with Crippen molar-refractivity contribution in [2.75, 3.05) is 13.1 Å². The smallest absolute Gasteiger partial charge is 0.335 e. The molecule has 0 radical (unpaired) electrons. The van der Waals surface area contributed by atoms with Crippen LogP contribution in [0.15, 0.2) is 95.0 Å². The SMILES string of the molecule is CC[N+]1(CC)C(N)=NC=C(c2cccc(S(N)(=O)=O)c2)C1N[C@H](C)Cc1ccc(C(=O)O)cc1.O=CON[C@@H](Cc1ccccc1)C(=O)O. The number of likely N-dealkylation sites (N-methyl/N-ethyl adjacent to an activating group) is 1. The number of carbonyl (C=O) groups is 3. The van der Waals surface area contributed by atoms with Crippen LogP contribution in [0, 0.1) is 0 Å². The number of nitrogens with zero attached hydrogens (tertiary/aromatic N) is 2. The number of guanidine groups is 1. The number of sulfonamides is 1. The lowest BCUT2D eigenvalue weighted by Gasteiger charge is -2.45. The molecular weight excluding hydrogens is 652 g/mol. The van der Waals surface area contributed by atoms with Crippen molar-refractivity contribution in [2.24, 2.45) is 15.9 Å². The van der Waals surface area contributed by atoms with Crippen LogP contribution in [0.1, 0.15) is 47.8 Å². The monoisotopic (exact) mass is 695 g/mol. The number of carboxylic acid groups (broad SMARTS) is 2. The predicted octanol–water partition coefficient (Wildman–Crippen LogP) is 2.46. The summed E-state index contributed by atoms with van der Waals surface area (Å²) in [7, 11) is -3.86. The molecule has 1 aliphatic heterocycles. The second kappa shape index (κ2) is 17.5. The van der Waals surface area contributed by atoms with Crippen molar-refractivity contribution >= 4 is 40.0 Å². The third kappa shape index (κ3) is 10.3. The maximum atomic E-state index is 11.9. The zero-order valence-electron chi connectivity index (χ0n) is 27.5. The molecule has 3 aromatic carbocycles. The van der Waals surface area contributed by atoms with Crippen molar-refractivity contribution < 1.29 is 42.3 Å². The van der Waals surface area contributed by atoms with Gasteiger partial charge >= 0.3 is 24.4 Å². The molecule has 0 aromatic heterocycles. The van der Waals surface area contributed by atoms with E-state index in [2.05, 4.69) is 20.6 Å². The van der Waals surface area contributed by atoms with Gasteiger partial charge in [-0.2, -0.15) is 4.99 Å². The van der Waals surface area contributed by atoms with Gasteiger partial charge in [-0.1, -0.05) is 54.6 Å². The molecule has 0 amide bonds. The number of hydroxylamine groups is 1. The van der Waals surface area contributed by atoms with Gasteiger partial charge in [0.25, 0.3) is 0 Å². The number of quaternary nitrogens is 1. The van der Waals surface area contributed by atoms with Crippen LogP contribution >= 0.6 is 0 Å². The fraction of sp³-hybridized carbons (Fsp3) is 0.294. The van der Waals surface area contributed by atoms with E-state index in [0.29, 0.717) is 35.5 Å². The molecule has 1 heterocycles. The van der Waals surface area contributed by atoms with E-state index < -0.39 is 28.0 Å². The van der Waals surface area contributed by atoms with Crippen molar-refractivity contribution in [3.05, 3.63) is 107 Å². The van der Waals surface area contributed by atoms with Crippen LogP contribution in [-0.4, -0.2) is 78.8 Å². The first-order valence-electron chi connectivity index (χ1n) is 15.5. The molecule has 0 saturated heterocycles. The number of benzene rings is 3. The van der Waals surface area contributed by atoms with Crippen LogP contribution in [0.3, 0.4) is 0 Å². The summed E-state index contributed by atoms with van der Waals surface area (Å²) < 4.78 is 24.3. The number of carboxylic acids is 2. The van der Waals surface area contributed by atoms with Crippen molar-refractivity contribution in [3.63, 3.8) is 0 Å². The molecule has 1 aliphatic rings. The average molecular weight is 696 g/mol. The molecule has 14 nitrogen and oxygen atoms in total. The molecule has 0 bridgehead atoms. The fourth-order valence-corrected chi connectivity index (χ4v) is 6.11. The number of aliphatic carboxylic acids is 1. The van der Waals surface area contributed by atoms with Gasteiger partial charge in [0.15, 0.2) is 6.17 Å². The third-order valence-corrected chi connectivity index (χ3v) is 9.14. The number of nitrogens with one attached hydrogen (secondary N) is 2. The van der Waals surface area contributed by atoms with Crippen LogP contribution in [-0.2, 0) is 37.3 Å². The second-order valence-corrected chi connectivity index (χ2v) is 13.0. The largest absolute Gasteiger partial charge is 0.480 e. The Morgan fingerprint density at radius 2 is 1.61 bits per heavy atom. The highest BCUT2D eigenvalue weighted by atomic mass is 32.2. The van der Waals surface area contributed by atoms with Crippen molar-refractivity contribution in [2.45, 2.75) is 56.8 Å². The molecule has 0 aliphatic carbocycles. The van der Waals surface area contributed by atoms with E-state index in [4.69, 9.17) is 21.1 Å². The fourth-order valence-electron chi connectivity index (χ4n) is 5.55. The predicted molar refractivity (Wildman–Crippen MR) is 184 cm³/mol. The first-order chi connectivity index (χ1) is 23.2. The normalized spacial score (nSPS) is 16.5. The summed E-state index contributed by atoms with van der Waals surface area (Å²) in [5.41, 5.74) is 12.2. The van der Waals surface area contributed by atoms with Crippen molar-refractivity contribution in [3.8, 4) is 0 Å². The van der Waals surface area contributed by atoms with E-state index in [9.17, 15) is 22.8 Å². The third-order valence-electron chi connectivity index (χ3n) is 8.23. The van der Waals surface area contributed by atoms with Gasteiger partial charge < -0.3 is 20.8 Å². The molecule has 3 atom stereocenters. The number of nitrogens with two attached hydrogens (primary N) is 2. The first kappa shape index (κ1) is 38.5. The molecule has 4 rings (SSSR count). The number of primary sulfonamides is 1. The highest BCUT2D eigenvalue weighted by Gasteiger charge is 2.44. The van der Waals surface area contributed by atoms with Crippen LogP contribution in [0.2, 0.25) is 0 Å². The van der Waals surface area contributed by atoms with Crippen molar-refractivity contribution in [1.29, 1.82) is 0 Å². The Labute approximate surface area is 285 Å². The molecule has 3 aromatic rings. The summed E-state index contributed by atoms with van der Waals surface area (Å²) in [6, 6.07) is 21.5. The van der Waals surface area contributed by atoms with Gasteiger partial charge in [0.2, 0.25) is 10.0 Å². The van der Waals surface area contributed by atoms with Gasteiger partial charge in [-0.25, -0.2) is 22.8 Å². The Kier molecular flexibility index (Phi) is 13.7. The lowest BCUT2D eigenvalue weighted by atomic mass is 9.98. The topological polar surface area (TPSA) is 223 Å². The molecule has 15 heteroatoms. The van der Waals surface area contributed by atoms with Crippen LogP contribution in [0.25, 0.3) is 5.57 Å². The Hall–Kier alpha value is -4.93. The number of aliphatic imine (C=N–C) groups is 1. The lowest BCUT2D eigenvalue weighted by molar-refractivity contribution is -0.860. The molecule has 49 heavy (non-hydrogen) atoms. The van der Waals surface area contributed by atoms with E-state index in [0.717, 1.165) is 16.7 Å².